The lowest BCUT2D eigenvalue weighted by atomic mass is 9.91. The van der Waals surface area contributed by atoms with Crippen molar-refractivity contribution in [2.24, 2.45) is 0 Å². The fourth-order valence-electron chi connectivity index (χ4n) is 4.22. The average molecular weight is 432 g/mol. The van der Waals surface area contributed by atoms with E-state index in [-0.39, 0.29) is 5.48 Å². The van der Waals surface area contributed by atoms with Crippen molar-refractivity contribution in [3.8, 4) is 0 Å². The summed E-state index contributed by atoms with van der Waals surface area (Å²) in [6.07, 6.45) is 6.07. The van der Waals surface area contributed by atoms with E-state index < -0.39 is 0 Å². The van der Waals surface area contributed by atoms with E-state index in [9.17, 15) is 0 Å². The smallest absolute Gasteiger partial charge is 0.0628 e. The van der Waals surface area contributed by atoms with Crippen LogP contribution in [-0.4, -0.2) is 103 Å². The van der Waals surface area contributed by atoms with Gasteiger partial charge in [-0.1, -0.05) is 27.7 Å². The van der Waals surface area contributed by atoms with Crippen LogP contribution in [0.3, 0.4) is 0 Å². The van der Waals surface area contributed by atoms with Crippen molar-refractivity contribution in [1.29, 1.82) is 0 Å². The molecular weight excluding hydrogens is 378 g/mol. The summed E-state index contributed by atoms with van der Waals surface area (Å²) in [6, 6.07) is 0.682. The fourth-order valence-corrected chi connectivity index (χ4v) is 4.22. The Balaban J connectivity index is 0.000000557. The molecule has 182 valence electrons. The number of rotatable bonds is 7. The van der Waals surface area contributed by atoms with Crippen LogP contribution >= 0.6 is 0 Å². The van der Waals surface area contributed by atoms with Crippen molar-refractivity contribution in [1.82, 2.24) is 14.7 Å². The molecule has 1 aliphatic carbocycles. The lowest BCUT2D eigenvalue weighted by molar-refractivity contribution is -0.134. The van der Waals surface area contributed by atoms with Gasteiger partial charge in [0.25, 0.3) is 0 Å². The third-order valence-electron chi connectivity index (χ3n) is 6.41. The van der Waals surface area contributed by atoms with Gasteiger partial charge in [-0.2, -0.15) is 0 Å². The van der Waals surface area contributed by atoms with Gasteiger partial charge in [-0.3, -0.25) is 0 Å². The summed E-state index contributed by atoms with van der Waals surface area (Å²) in [7, 11) is 0. The summed E-state index contributed by atoms with van der Waals surface area (Å²) in [5, 5.41) is 0. The third kappa shape index (κ3) is 10.9. The van der Waals surface area contributed by atoms with Crippen molar-refractivity contribution in [2.75, 3.05) is 59.0 Å². The van der Waals surface area contributed by atoms with Crippen LogP contribution in [0.4, 0.5) is 0 Å². The molecule has 0 unspecified atom stereocenters. The molecule has 0 spiro atoms. The molecule has 6 heteroatoms. The maximum Gasteiger partial charge on any atom is 0.0628 e. The number of piperidine rings is 1. The first-order valence-electron chi connectivity index (χ1n) is 12.5. The van der Waals surface area contributed by atoms with Crippen LogP contribution in [0.2, 0.25) is 0 Å². The van der Waals surface area contributed by atoms with Gasteiger partial charge in [0.1, 0.15) is 0 Å². The fraction of sp³-hybridized carbons (Fsp3) is 1.00. The van der Waals surface area contributed by atoms with Crippen LogP contribution in [0.15, 0.2) is 0 Å². The summed E-state index contributed by atoms with van der Waals surface area (Å²) in [4.78, 5) is 7.56. The van der Waals surface area contributed by atoms with Crippen molar-refractivity contribution >= 4 is 0 Å². The summed E-state index contributed by atoms with van der Waals surface area (Å²) in [5.41, 5.74) is 0. The minimum atomic E-state index is 0. The van der Waals surface area contributed by atoms with E-state index in [1.165, 1.54) is 65.2 Å². The monoisotopic (exact) mass is 431 g/mol. The predicted molar refractivity (Wildman–Crippen MR) is 128 cm³/mol. The summed E-state index contributed by atoms with van der Waals surface area (Å²) >= 11 is 0. The maximum atomic E-state index is 6.13. The van der Waals surface area contributed by atoms with Crippen molar-refractivity contribution < 1.29 is 14.9 Å². The van der Waals surface area contributed by atoms with E-state index in [4.69, 9.17) is 9.47 Å². The lowest BCUT2D eigenvalue weighted by Gasteiger charge is -2.40. The van der Waals surface area contributed by atoms with E-state index in [0.717, 1.165) is 19.4 Å². The number of nitrogens with zero attached hydrogens (tertiary/aromatic N) is 3. The average Bonchev–Trinajstić information content (AvgIpc) is 2.74. The highest BCUT2D eigenvalue weighted by molar-refractivity contribution is 4.84. The van der Waals surface area contributed by atoms with Gasteiger partial charge in [0.2, 0.25) is 0 Å². The molecular formula is C24H53N3O3. The Hall–Kier alpha value is -0.240. The van der Waals surface area contributed by atoms with Crippen LogP contribution in [-0.2, 0) is 9.47 Å². The SMILES string of the molecule is CC.CCN1CCN(CC)CC1.CCOC1CC(OC2CCN(C(C)C)CC2)C1.O. The largest absolute Gasteiger partial charge is 0.412 e. The lowest BCUT2D eigenvalue weighted by Crippen LogP contribution is -2.45. The van der Waals surface area contributed by atoms with Gasteiger partial charge in [0.05, 0.1) is 18.3 Å². The molecule has 2 heterocycles. The number of ether oxygens (including phenoxy) is 2. The predicted octanol–water partition coefficient (Wildman–Crippen LogP) is 3.29. The second-order valence-corrected chi connectivity index (χ2v) is 8.50. The molecule has 0 aromatic carbocycles. The van der Waals surface area contributed by atoms with E-state index in [2.05, 4.69) is 49.3 Å². The van der Waals surface area contributed by atoms with Gasteiger partial charge in [-0.05, 0) is 59.5 Å². The van der Waals surface area contributed by atoms with Gasteiger partial charge >= 0.3 is 0 Å². The molecule has 2 N–H and O–H groups in total. The van der Waals surface area contributed by atoms with Crippen LogP contribution in [0.1, 0.15) is 74.1 Å². The molecule has 0 radical (unpaired) electrons. The maximum absolute atomic E-state index is 6.13. The highest BCUT2D eigenvalue weighted by atomic mass is 16.5. The number of hydrogen-bond donors (Lipinski definition) is 0. The number of likely N-dealkylation sites (N-methyl/N-ethyl adjacent to an activating group) is 2. The molecule has 1 saturated carbocycles. The minimum absolute atomic E-state index is 0. The highest BCUT2D eigenvalue weighted by Crippen LogP contribution is 2.29. The van der Waals surface area contributed by atoms with Crippen LogP contribution in [0, 0.1) is 0 Å². The Morgan fingerprint density at radius 3 is 1.57 bits per heavy atom. The summed E-state index contributed by atoms with van der Waals surface area (Å²) in [6.45, 7) is 25.8. The molecule has 0 atom stereocenters. The highest BCUT2D eigenvalue weighted by Gasteiger charge is 2.33. The van der Waals surface area contributed by atoms with Crippen molar-refractivity contribution in [3.63, 3.8) is 0 Å². The van der Waals surface area contributed by atoms with Gasteiger partial charge in [-0.25, -0.2) is 0 Å². The zero-order chi connectivity index (χ0) is 21.6. The Kier molecular flexibility index (Phi) is 17.2. The first-order chi connectivity index (χ1) is 14.0. The number of piperazine rings is 1. The van der Waals surface area contributed by atoms with Crippen LogP contribution < -0.4 is 0 Å². The van der Waals surface area contributed by atoms with Crippen molar-refractivity contribution in [2.45, 2.75) is 98.5 Å². The molecule has 2 aliphatic heterocycles. The van der Waals surface area contributed by atoms with E-state index in [1.54, 1.807) is 0 Å². The first kappa shape index (κ1) is 29.8. The second-order valence-electron chi connectivity index (χ2n) is 8.50. The molecule has 0 bridgehead atoms. The van der Waals surface area contributed by atoms with Crippen molar-refractivity contribution in [3.05, 3.63) is 0 Å². The van der Waals surface area contributed by atoms with Crippen LogP contribution in [0.5, 0.6) is 0 Å². The standard InChI is InChI=1S/C14H27NO2.C8H18N2.C2H6.H2O/c1-4-16-13-9-14(10-13)17-12-5-7-15(8-6-12)11(2)3;1-3-9-5-7-10(4-2)8-6-9;1-2;/h11-14H,4-10H2,1-3H3;3-8H2,1-2H3;1-2H3;1H2. The van der Waals surface area contributed by atoms with Gasteiger partial charge < -0.3 is 29.6 Å². The second kappa shape index (κ2) is 17.3. The first-order valence-corrected chi connectivity index (χ1v) is 12.5. The Labute approximate surface area is 187 Å². The topological polar surface area (TPSA) is 59.7 Å². The number of likely N-dealkylation sites (tertiary alicyclic amines) is 1. The van der Waals surface area contributed by atoms with E-state index in [0.29, 0.717) is 24.4 Å². The van der Waals surface area contributed by atoms with Gasteiger partial charge in [-0.15, -0.1) is 0 Å². The molecule has 6 nitrogen and oxygen atoms in total. The Morgan fingerprint density at radius 2 is 1.20 bits per heavy atom. The van der Waals surface area contributed by atoms with E-state index in [1.807, 2.05) is 13.8 Å². The van der Waals surface area contributed by atoms with Crippen LogP contribution in [0.25, 0.3) is 0 Å². The molecule has 0 aromatic heterocycles. The molecule has 2 saturated heterocycles. The number of hydrogen-bond acceptors (Lipinski definition) is 5. The Morgan fingerprint density at radius 1 is 0.733 bits per heavy atom. The quantitative estimate of drug-likeness (QED) is 0.619. The third-order valence-corrected chi connectivity index (χ3v) is 6.41. The summed E-state index contributed by atoms with van der Waals surface area (Å²) < 4.78 is 11.7. The molecule has 0 amide bonds. The zero-order valence-corrected chi connectivity index (χ0v) is 21.2. The molecule has 3 rings (SSSR count). The summed E-state index contributed by atoms with van der Waals surface area (Å²) in [5.74, 6) is 0. The van der Waals surface area contributed by atoms with E-state index >= 15 is 0 Å². The molecule has 3 fully saturated rings. The normalized spacial score (nSPS) is 26.0. The molecule has 0 aromatic rings. The molecule has 3 aliphatic rings. The van der Waals surface area contributed by atoms with Gasteiger partial charge in [0.15, 0.2) is 0 Å². The minimum Gasteiger partial charge on any atom is -0.412 e. The van der Waals surface area contributed by atoms with Gasteiger partial charge in [0, 0.05) is 51.9 Å². The molecule has 30 heavy (non-hydrogen) atoms. The zero-order valence-electron chi connectivity index (χ0n) is 21.2. The Bertz CT molecular complexity index is 364.